The average molecular weight is 327 g/mol. The topological polar surface area (TPSA) is 26.8 Å². The van der Waals surface area contributed by atoms with Crippen molar-refractivity contribution in [3.63, 3.8) is 0 Å². The Kier molecular flexibility index (Phi) is 4.99. The molecule has 24 heavy (non-hydrogen) atoms. The number of hydrogen-bond acceptors (Lipinski definition) is 3. The summed E-state index contributed by atoms with van der Waals surface area (Å²) < 4.78 is 13.0. The zero-order valence-electron chi connectivity index (χ0n) is 13.9. The summed E-state index contributed by atoms with van der Waals surface area (Å²) in [4.78, 5) is 18.5. The lowest BCUT2D eigenvalue weighted by molar-refractivity contribution is -0.129. The first-order valence-electron chi connectivity index (χ1n) is 8.18. The summed E-state index contributed by atoms with van der Waals surface area (Å²) in [6.07, 6.45) is 0. The minimum atomic E-state index is -0.225. The first kappa shape index (κ1) is 16.3. The Morgan fingerprint density at radius 2 is 1.62 bits per heavy atom. The number of benzene rings is 2. The second-order valence-corrected chi connectivity index (χ2v) is 6.04. The summed E-state index contributed by atoms with van der Waals surface area (Å²) in [5.74, 6) is -0.0865. The molecule has 0 aromatic heterocycles. The van der Waals surface area contributed by atoms with Gasteiger partial charge in [0.15, 0.2) is 0 Å². The molecule has 0 atom stereocenters. The van der Waals surface area contributed by atoms with Crippen molar-refractivity contribution < 1.29 is 9.18 Å². The highest BCUT2D eigenvalue weighted by molar-refractivity contribution is 5.81. The van der Waals surface area contributed by atoms with E-state index < -0.39 is 0 Å². The van der Waals surface area contributed by atoms with Gasteiger partial charge in [0.05, 0.1) is 6.54 Å². The van der Waals surface area contributed by atoms with Gasteiger partial charge in [-0.25, -0.2) is 4.39 Å². The van der Waals surface area contributed by atoms with E-state index in [0.29, 0.717) is 19.6 Å². The van der Waals surface area contributed by atoms with E-state index in [1.54, 1.807) is 12.1 Å². The second-order valence-electron chi connectivity index (χ2n) is 6.04. The fraction of sp³-hybridized carbons (Fsp3) is 0.316. The largest absolute Gasteiger partial charge is 0.368 e. The van der Waals surface area contributed by atoms with Crippen molar-refractivity contribution in [2.75, 3.05) is 49.6 Å². The molecule has 2 aromatic carbocycles. The first-order chi connectivity index (χ1) is 11.6. The third-order valence-electron chi connectivity index (χ3n) is 4.39. The van der Waals surface area contributed by atoms with Gasteiger partial charge in [-0.2, -0.15) is 0 Å². The van der Waals surface area contributed by atoms with Crippen LogP contribution in [0, 0.1) is 5.82 Å². The Morgan fingerprint density at radius 1 is 1.00 bits per heavy atom. The number of likely N-dealkylation sites (N-methyl/N-ethyl adjacent to an activating group) is 1. The maximum atomic E-state index is 13.0. The maximum Gasteiger partial charge on any atom is 0.242 e. The van der Waals surface area contributed by atoms with Gasteiger partial charge in [0, 0.05) is 44.6 Å². The molecule has 5 heteroatoms. The molecule has 4 nitrogen and oxygen atoms in total. The molecule has 1 aliphatic rings. The van der Waals surface area contributed by atoms with Gasteiger partial charge in [0.25, 0.3) is 0 Å². The molecule has 0 aliphatic carbocycles. The highest BCUT2D eigenvalue weighted by atomic mass is 19.1. The van der Waals surface area contributed by atoms with Crippen molar-refractivity contribution in [2.24, 2.45) is 0 Å². The molecule has 0 unspecified atom stereocenters. The fourth-order valence-electron chi connectivity index (χ4n) is 2.94. The number of para-hydroxylation sites is 1. The summed E-state index contributed by atoms with van der Waals surface area (Å²) in [5.41, 5.74) is 2.04. The standard InChI is InChI=1S/C19H22FN3O/c1-21(17-5-3-2-4-6-17)15-19(24)23-13-11-22(12-14-23)18-9-7-16(20)8-10-18/h2-10H,11-15H2,1H3. The van der Waals surface area contributed by atoms with Crippen molar-refractivity contribution in [1.82, 2.24) is 4.90 Å². The molecule has 1 saturated heterocycles. The van der Waals surface area contributed by atoms with E-state index in [-0.39, 0.29) is 11.7 Å². The lowest BCUT2D eigenvalue weighted by atomic mass is 10.2. The molecule has 126 valence electrons. The molecule has 0 spiro atoms. The third-order valence-corrected chi connectivity index (χ3v) is 4.39. The van der Waals surface area contributed by atoms with Gasteiger partial charge < -0.3 is 14.7 Å². The summed E-state index contributed by atoms with van der Waals surface area (Å²) in [7, 11) is 1.93. The predicted octanol–water partition coefficient (Wildman–Crippen LogP) is 2.61. The van der Waals surface area contributed by atoms with Crippen LogP contribution in [0.3, 0.4) is 0 Å². The molecule has 0 N–H and O–H groups in total. The highest BCUT2D eigenvalue weighted by Gasteiger charge is 2.22. The predicted molar refractivity (Wildman–Crippen MR) is 94.9 cm³/mol. The lowest BCUT2D eigenvalue weighted by Gasteiger charge is -2.37. The quantitative estimate of drug-likeness (QED) is 0.864. The summed E-state index contributed by atoms with van der Waals surface area (Å²) in [6, 6.07) is 16.4. The Morgan fingerprint density at radius 3 is 2.25 bits per heavy atom. The van der Waals surface area contributed by atoms with Crippen molar-refractivity contribution in [2.45, 2.75) is 0 Å². The first-order valence-corrected chi connectivity index (χ1v) is 8.18. The molecule has 1 heterocycles. The van der Waals surface area contributed by atoms with Gasteiger partial charge in [-0.3, -0.25) is 4.79 Å². The highest BCUT2D eigenvalue weighted by Crippen LogP contribution is 2.17. The Bertz CT molecular complexity index is 667. The van der Waals surface area contributed by atoms with E-state index in [9.17, 15) is 9.18 Å². The van der Waals surface area contributed by atoms with Crippen molar-refractivity contribution >= 4 is 17.3 Å². The van der Waals surface area contributed by atoms with Crippen LogP contribution in [0.5, 0.6) is 0 Å². The molecule has 2 aromatic rings. The van der Waals surface area contributed by atoms with Crippen LogP contribution in [-0.4, -0.2) is 50.6 Å². The number of nitrogens with zero attached hydrogens (tertiary/aromatic N) is 3. The number of hydrogen-bond donors (Lipinski definition) is 0. The molecule has 1 aliphatic heterocycles. The van der Waals surface area contributed by atoms with Crippen LogP contribution in [0.25, 0.3) is 0 Å². The minimum absolute atomic E-state index is 0.139. The van der Waals surface area contributed by atoms with Crippen LogP contribution in [0.4, 0.5) is 15.8 Å². The van der Waals surface area contributed by atoms with E-state index in [0.717, 1.165) is 24.5 Å². The normalized spacial score (nSPS) is 14.6. The summed E-state index contributed by atoms with van der Waals surface area (Å²) >= 11 is 0. The van der Waals surface area contributed by atoms with Crippen LogP contribution in [0.2, 0.25) is 0 Å². The average Bonchev–Trinajstić information content (AvgIpc) is 2.63. The van der Waals surface area contributed by atoms with Gasteiger partial charge in [-0.1, -0.05) is 18.2 Å². The third kappa shape index (κ3) is 3.85. The van der Waals surface area contributed by atoms with Crippen LogP contribution < -0.4 is 9.80 Å². The van der Waals surface area contributed by atoms with Gasteiger partial charge >= 0.3 is 0 Å². The van der Waals surface area contributed by atoms with Gasteiger partial charge in [0.1, 0.15) is 5.82 Å². The zero-order valence-corrected chi connectivity index (χ0v) is 13.9. The fourth-order valence-corrected chi connectivity index (χ4v) is 2.94. The van der Waals surface area contributed by atoms with Crippen molar-refractivity contribution in [3.8, 4) is 0 Å². The number of carbonyl (C=O) groups is 1. The maximum absolute atomic E-state index is 13.0. The van der Waals surface area contributed by atoms with Gasteiger partial charge in [-0.15, -0.1) is 0 Å². The number of amides is 1. The molecular formula is C19H22FN3O. The smallest absolute Gasteiger partial charge is 0.242 e. The molecule has 0 radical (unpaired) electrons. The Labute approximate surface area is 142 Å². The Hall–Kier alpha value is -2.56. The molecular weight excluding hydrogens is 305 g/mol. The van der Waals surface area contributed by atoms with Crippen molar-refractivity contribution in [3.05, 3.63) is 60.4 Å². The minimum Gasteiger partial charge on any atom is -0.368 e. The van der Waals surface area contributed by atoms with E-state index in [2.05, 4.69) is 4.90 Å². The number of rotatable bonds is 4. The van der Waals surface area contributed by atoms with Gasteiger partial charge in [-0.05, 0) is 36.4 Å². The number of halogens is 1. The molecule has 1 amide bonds. The number of anilines is 2. The van der Waals surface area contributed by atoms with Crippen LogP contribution in [-0.2, 0) is 4.79 Å². The van der Waals surface area contributed by atoms with E-state index >= 15 is 0 Å². The molecule has 0 bridgehead atoms. The second kappa shape index (κ2) is 7.34. The Balaban J connectivity index is 1.52. The zero-order chi connectivity index (χ0) is 16.9. The monoisotopic (exact) mass is 327 g/mol. The van der Waals surface area contributed by atoms with E-state index in [1.165, 1.54) is 12.1 Å². The van der Waals surface area contributed by atoms with Crippen LogP contribution in [0.15, 0.2) is 54.6 Å². The van der Waals surface area contributed by atoms with E-state index in [4.69, 9.17) is 0 Å². The van der Waals surface area contributed by atoms with Crippen molar-refractivity contribution in [1.29, 1.82) is 0 Å². The molecule has 0 saturated carbocycles. The van der Waals surface area contributed by atoms with Gasteiger partial charge in [0.2, 0.25) is 5.91 Å². The van der Waals surface area contributed by atoms with Crippen LogP contribution >= 0.6 is 0 Å². The molecule has 3 rings (SSSR count). The van der Waals surface area contributed by atoms with Crippen LogP contribution in [0.1, 0.15) is 0 Å². The van der Waals surface area contributed by atoms with E-state index in [1.807, 2.05) is 47.2 Å². The molecule has 1 fully saturated rings. The number of piperazine rings is 1. The summed E-state index contributed by atoms with van der Waals surface area (Å²) in [5, 5.41) is 0. The number of carbonyl (C=O) groups excluding carboxylic acids is 1. The SMILES string of the molecule is CN(CC(=O)N1CCN(c2ccc(F)cc2)CC1)c1ccccc1. The lowest BCUT2D eigenvalue weighted by Crippen LogP contribution is -2.51. The summed E-state index contributed by atoms with van der Waals surface area (Å²) in [6.45, 7) is 3.30.